The molecule has 3 N–H and O–H groups in total. The fraction of sp³-hybridized carbons (Fsp3) is 0.174. The molecule has 0 unspecified atom stereocenters. The SMILES string of the molecule is CN(C(=O)c1cc2c(C#N)cc(F)cc2[nH]1)[C@H]1CNCc2[nH]c(=O)c3cc(F)c(F)cc3c21. The maximum Gasteiger partial charge on any atom is 0.270 e. The molecule has 1 aliphatic rings. The number of amides is 1. The minimum Gasteiger partial charge on any atom is -0.350 e. The number of H-pyrrole nitrogens is 2. The van der Waals surface area contributed by atoms with E-state index >= 15 is 0 Å². The number of likely N-dealkylation sites (N-methyl/N-ethyl adjacent to an activating group) is 1. The predicted molar refractivity (Wildman–Crippen MR) is 114 cm³/mol. The summed E-state index contributed by atoms with van der Waals surface area (Å²) in [7, 11) is 1.54. The van der Waals surface area contributed by atoms with Gasteiger partial charge >= 0.3 is 0 Å². The van der Waals surface area contributed by atoms with Gasteiger partial charge in [-0.15, -0.1) is 0 Å². The molecule has 0 radical (unpaired) electrons. The molecule has 10 heteroatoms. The van der Waals surface area contributed by atoms with Gasteiger partial charge in [-0.05, 0) is 35.7 Å². The second kappa shape index (κ2) is 7.50. The van der Waals surface area contributed by atoms with Crippen molar-refractivity contribution < 1.29 is 18.0 Å². The first-order valence-corrected chi connectivity index (χ1v) is 10.0. The van der Waals surface area contributed by atoms with Gasteiger partial charge in [0, 0.05) is 36.8 Å². The first-order chi connectivity index (χ1) is 15.8. The molecular weight excluding hydrogens is 435 g/mol. The van der Waals surface area contributed by atoms with Crippen molar-refractivity contribution in [3.8, 4) is 6.07 Å². The standard InChI is InChI=1S/C23H16F3N5O2/c1-31(23(33)18-6-12-10(7-27)2-11(24)3-17(12)29-18)20-9-28-8-19-21(20)13-4-15(25)16(26)5-14(13)22(32)30-19/h2-6,20,28-29H,8-9H2,1H3,(H,30,32)/t20-/m0/s1. The van der Waals surface area contributed by atoms with Gasteiger partial charge in [-0.2, -0.15) is 5.26 Å². The third kappa shape index (κ3) is 3.25. The number of hydrogen-bond acceptors (Lipinski definition) is 4. The highest BCUT2D eigenvalue weighted by Crippen LogP contribution is 2.33. The van der Waals surface area contributed by atoms with Crippen molar-refractivity contribution in [3.63, 3.8) is 0 Å². The van der Waals surface area contributed by atoms with Gasteiger partial charge in [0.25, 0.3) is 11.5 Å². The van der Waals surface area contributed by atoms with Crippen molar-refractivity contribution in [2.24, 2.45) is 0 Å². The number of aromatic nitrogens is 2. The van der Waals surface area contributed by atoms with Crippen LogP contribution >= 0.6 is 0 Å². The fourth-order valence-corrected chi connectivity index (χ4v) is 4.42. The Balaban J connectivity index is 1.62. The number of hydrogen-bond donors (Lipinski definition) is 3. The van der Waals surface area contributed by atoms with Crippen LogP contribution in [0.5, 0.6) is 0 Å². The van der Waals surface area contributed by atoms with Crippen molar-refractivity contribution in [3.05, 3.63) is 80.7 Å². The van der Waals surface area contributed by atoms with E-state index in [9.17, 15) is 28.0 Å². The summed E-state index contributed by atoms with van der Waals surface area (Å²) < 4.78 is 41.7. The molecule has 4 aromatic rings. The Labute approximate surface area is 184 Å². The second-order valence-electron chi connectivity index (χ2n) is 7.93. The van der Waals surface area contributed by atoms with E-state index in [1.807, 2.05) is 6.07 Å². The van der Waals surface area contributed by atoms with E-state index in [0.29, 0.717) is 28.7 Å². The summed E-state index contributed by atoms with van der Waals surface area (Å²) in [5.41, 5.74) is 0.956. The predicted octanol–water partition coefficient (Wildman–Crippen LogP) is 3.21. The number of carbonyl (C=O) groups is 1. The molecule has 2 aromatic carbocycles. The summed E-state index contributed by atoms with van der Waals surface area (Å²) in [4.78, 5) is 32.7. The largest absolute Gasteiger partial charge is 0.350 e. The van der Waals surface area contributed by atoms with Gasteiger partial charge in [0.2, 0.25) is 0 Å². The van der Waals surface area contributed by atoms with Gasteiger partial charge in [0.15, 0.2) is 11.6 Å². The summed E-state index contributed by atoms with van der Waals surface area (Å²) in [6.45, 7) is 0.586. The zero-order valence-corrected chi connectivity index (χ0v) is 17.2. The summed E-state index contributed by atoms with van der Waals surface area (Å²) in [6, 6.07) is 6.87. The van der Waals surface area contributed by atoms with Crippen LogP contribution in [0.2, 0.25) is 0 Å². The van der Waals surface area contributed by atoms with Gasteiger partial charge in [0.1, 0.15) is 11.5 Å². The van der Waals surface area contributed by atoms with E-state index in [4.69, 9.17) is 0 Å². The molecule has 2 aromatic heterocycles. The van der Waals surface area contributed by atoms with Crippen LogP contribution in [0.4, 0.5) is 13.2 Å². The van der Waals surface area contributed by atoms with Gasteiger partial charge in [-0.3, -0.25) is 9.59 Å². The molecule has 3 heterocycles. The number of nitriles is 1. The number of halogens is 3. The van der Waals surface area contributed by atoms with E-state index in [-0.39, 0.29) is 28.6 Å². The number of benzene rings is 2. The molecule has 166 valence electrons. The van der Waals surface area contributed by atoms with Crippen molar-refractivity contribution in [2.45, 2.75) is 12.6 Å². The lowest BCUT2D eigenvalue weighted by Crippen LogP contribution is -2.42. The van der Waals surface area contributed by atoms with Crippen LogP contribution in [0.25, 0.3) is 21.7 Å². The average Bonchev–Trinajstić information content (AvgIpc) is 3.22. The summed E-state index contributed by atoms with van der Waals surface area (Å²) in [5, 5.41) is 13.0. The Morgan fingerprint density at radius 2 is 1.79 bits per heavy atom. The van der Waals surface area contributed by atoms with Crippen LogP contribution in [-0.4, -0.2) is 34.4 Å². The molecule has 0 bridgehead atoms. The number of pyridine rings is 1. The molecule has 0 spiro atoms. The topological polar surface area (TPSA) is 105 Å². The highest BCUT2D eigenvalue weighted by atomic mass is 19.2. The monoisotopic (exact) mass is 451 g/mol. The molecule has 33 heavy (non-hydrogen) atoms. The van der Waals surface area contributed by atoms with Crippen molar-refractivity contribution in [1.82, 2.24) is 20.2 Å². The molecule has 0 saturated heterocycles. The fourth-order valence-electron chi connectivity index (χ4n) is 4.42. The number of fused-ring (bicyclic) bond motifs is 4. The normalized spacial score (nSPS) is 15.4. The van der Waals surface area contributed by atoms with E-state index in [0.717, 1.165) is 18.2 Å². The van der Waals surface area contributed by atoms with Gasteiger partial charge in [-0.1, -0.05) is 0 Å². The highest BCUT2D eigenvalue weighted by Gasteiger charge is 2.31. The number of carbonyl (C=O) groups excluding carboxylic acids is 1. The summed E-state index contributed by atoms with van der Waals surface area (Å²) in [6.07, 6.45) is 0. The Morgan fingerprint density at radius 1 is 1.06 bits per heavy atom. The molecule has 5 rings (SSSR count). The molecule has 0 aliphatic carbocycles. The zero-order chi connectivity index (χ0) is 23.4. The van der Waals surface area contributed by atoms with Crippen molar-refractivity contribution in [1.29, 1.82) is 5.26 Å². The highest BCUT2D eigenvalue weighted by molar-refractivity contribution is 6.00. The third-order valence-corrected chi connectivity index (χ3v) is 6.00. The average molecular weight is 451 g/mol. The van der Waals surface area contributed by atoms with Crippen LogP contribution in [0.3, 0.4) is 0 Å². The summed E-state index contributed by atoms with van der Waals surface area (Å²) >= 11 is 0. The molecule has 0 fully saturated rings. The summed E-state index contributed by atoms with van der Waals surface area (Å²) in [5.74, 6) is -3.30. The molecule has 1 atom stereocenters. The minimum atomic E-state index is -1.14. The molecule has 0 saturated carbocycles. The smallest absolute Gasteiger partial charge is 0.270 e. The van der Waals surface area contributed by atoms with Crippen LogP contribution in [0.1, 0.15) is 33.4 Å². The Bertz CT molecular complexity index is 1570. The van der Waals surface area contributed by atoms with E-state index in [1.165, 1.54) is 24.1 Å². The van der Waals surface area contributed by atoms with Gasteiger partial charge in [0.05, 0.1) is 28.6 Å². The van der Waals surface area contributed by atoms with E-state index < -0.39 is 35.0 Å². The number of aromatic amines is 2. The maximum absolute atomic E-state index is 14.1. The van der Waals surface area contributed by atoms with Crippen molar-refractivity contribution in [2.75, 3.05) is 13.6 Å². The van der Waals surface area contributed by atoms with Crippen LogP contribution < -0.4 is 10.9 Å². The number of nitrogens with zero attached hydrogens (tertiary/aromatic N) is 2. The third-order valence-electron chi connectivity index (χ3n) is 6.00. The van der Waals surface area contributed by atoms with Gasteiger partial charge in [-0.25, -0.2) is 13.2 Å². The van der Waals surface area contributed by atoms with Crippen LogP contribution in [0, 0.1) is 28.8 Å². The van der Waals surface area contributed by atoms with Crippen LogP contribution in [0.15, 0.2) is 35.1 Å². The maximum atomic E-state index is 14.1. The van der Waals surface area contributed by atoms with Crippen LogP contribution in [-0.2, 0) is 6.54 Å². The molecular formula is C23H16F3N5O2. The van der Waals surface area contributed by atoms with E-state index in [2.05, 4.69) is 15.3 Å². The lowest BCUT2D eigenvalue weighted by atomic mass is 9.93. The zero-order valence-electron chi connectivity index (χ0n) is 17.2. The van der Waals surface area contributed by atoms with E-state index in [1.54, 1.807) is 0 Å². The van der Waals surface area contributed by atoms with Gasteiger partial charge < -0.3 is 20.2 Å². The quantitative estimate of drug-likeness (QED) is 0.435. The molecule has 1 amide bonds. The minimum absolute atomic E-state index is 0.0138. The second-order valence-corrected chi connectivity index (χ2v) is 7.93. The Hall–Kier alpha value is -4.10. The molecule has 1 aliphatic heterocycles. The number of rotatable bonds is 2. The lowest BCUT2D eigenvalue weighted by Gasteiger charge is -2.34. The molecule has 7 nitrogen and oxygen atoms in total. The number of nitrogens with one attached hydrogen (secondary N) is 3. The van der Waals surface area contributed by atoms with Crippen molar-refractivity contribution >= 4 is 27.6 Å². The Kier molecular flexibility index (Phi) is 4.72. The first-order valence-electron chi connectivity index (χ1n) is 10.0. The Morgan fingerprint density at radius 3 is 2.52 bits per heavy atom. The first kappa shape index (κ1) is 20.8. The lowest BCUT2D eigenvalue weighted by molar-refractivity contribution is 0.0718.